The lowest BCUT2D eigenvalue weighted by molar-refractivity contribution is -0.147. The molecule has 6 rings (SSSR count). The fraction of sp³-hybridized carbons (Fsp3) is 0.373. The third-order valence-electron chi connectivity index (χ3n) is 10.1. The summed E-state index contributed by atoms with van der Waals surface area (Å²) in [5, 5.41) is 13.7. The number of alkyl carbamates (subject to hydrolysis) is 2. The number of hydrogen-bond acceptors (Lipinski definition) is 15. The number of benzene rings is 2. The van der Waals surface area contributed by atoms with Gasteiger partial charge in [0.2, 0.25) is 0 Å². The molecule has 5 N–H and O–H groups in total. The number of carboxylic acid groups (broad SMARTS) is 1. The van der Waals surface area contributed by atoms with Gasteiger partial charge in [0.1, 0.15) is 30.2 Å². The number of fused-ring (bicyclic) bond motifs is 2. The summed E-state index contributed by atoms with van der Waals surface area (Å²) in [6.45, 7) is 12.8. The highest BCUT2D eigenvalue weighted by atomic mass is 35.5. The smallest absolute Gasteiger partial charge is 0.408 e. The van der Waals surface area contributed by atoms with E-state index in [1.807, 2.05) is 114 Å². The number of carboxylic acids is 1. The van der Waals surface area contributed by atoms with E-state index in [0.29, 0.717) is 34.6 Å². The summed E-state index contributed by atoms with van der Waals surface area (Å²) in [6, 6.07) is 23.8. The number of ketones is 1. The molecule has 0 bridgehead atoms. The fourth-order valence-corrected chi connectivity index (χ4v) is 8.01. The van der Waals surface area contributed by atoms with E-state index in [1.165, 1.54) is 22.7 Å². The Bertz CT molecular complexity index is 2610. The SMILES string of the molecule is CC(C)CCOC(=O)[C@@H](CN)NC(=O)OCc1ccccc1.Cc1ccnc2cc(C(=O)CC[C@@H](NC(=O)OCc3ccccc3)C(=O)OCCC(C)C)sc12.Cc1ccnc2cc(C(=O)O)sc12.Cl. The zero-order valence-corrected chi connectivity index (χ0v) is 42.6. The number of aromatic carboxylic acids is 1. The second kappa shape index (κ2) is 30.2. The lowest BCUT2D eigenvalue weighted by Gasteiger charge is -2.18. The fourth-order valence-electron chi connectivity index (χ4n) is 6.04. The van der Waals surface area contributed by atoms with Gasteiger partial charge in [0.05, 0.1) is 38.5 Å². The third kappa shape index (κ3) is 19.9. The van der Waals surface area contributed by atoms with Crippen LogP contribution in [-0.2, 0) is 41.8 Å². The Labute approximate surface area is 422 Å². The number of amides is 2. The van der Waals surface area contributed by atoms with Crippen LogP contribution in [0.2, 0.25) is 0 Å². The van der Waals surface area contributed by atoms with Crippen molar-refractivity contribution in [3.05, 3.63) is 129 Å². The van der Waals surface area contributed by atoms with Gasteiger partial charge in [0.25, 0.3) is 0 Å². The van der Waals surface area contributed by atoms with Crippen LogP contribution < -0.4 is 16.4 Å². The van der Waals surface area contributed by atoms with Crippen molar-refractivity contribution in [1.82, 2.24) is 20.6 Å². The van der Waals surface area contributed by atoms with Crippen molar-refractivity contribution in [2.45, 2.75) is 92.5 Å². The van der Waals surface area contributed by atoms with E-state index in [0.717, 1.165) is 49.1 Å². The maximum Gasteiger partial charge on any atom is 0.408 e. The van der Waals surface area contributed by atoms with Crippen molar-refractivity contribution < 1.29 is 52.8 Å². The third-order valence-corrected chi connectivity index (χ3v) is 12.6. The predicted octanol–water partition coefficient (Wildman–Crippen LogP) is 10.0. The topological polar surface area (TPSA) is 235 Å². The molecule has 0 saturated heterocycles. The number of ether oxygens (including phenoxy) is 4. The maximum absolute atomic E-state index is 12.8. The average molecular weight is 1020 g/mol. The zero-order valence-electron chi connectivity index (χ0n) is 40.1. The molecule has 2 amide bonds. The zero-order chi connectivity index (χ0) is 50.3. The number of thiophene rings is 2. The van der Waals surface area contributed by atoms with E-state index in [1.54, 1.807) is 24.5 Å². The van der Waals surface area contributed by atoms with E-state index in [-0.39, 0.29) is 57.4 Å². The number of aryl methyl sites for hydroxylation is 2. The van der Waals surface area contributed by atoms with E-state index >= 15 is 0 Å². The van der Waals surface area contributed by atoms with Crippen LogP contribution in [0.5, 0.6) is 0 Å². The molecule has 0 aliphatic carbocycles. The van der Waals surface area contributed by atoms with E-state index in [9.17, 15) is 28.8 Å². The van der Waals surface area contributed by atoms with Crippen LogP contribution in [0.3, 0.4) is 0 Å². The minimum atomic E-state index is -0.978. The summed E-state index contributed by atoms with van der Waals surface area (Å²) in [5.41, 5.74) is 10.9. The molecule has 16 nitrogen and oxygen atoms in total. The van der Waals surface area contributed by atoms with Crippen molar-refractivity contribution in [3.8, 4) is 0 Å². The van der Waals surface area contributed by atoms with Gasteiger partial charge in [-0.15, -0.1) is 35.1 Å². The van der Waals surface area contributed by atoms with Crippen LogP contribution in [0, 0.1) is 25.7 Å². The standard InChI is InChI=1S/C26H30N2O5S.C16H24N2O4.C9H7NO2S.ClH/c1-17(2)12-14-32-25(30)20(28-26(31)33-16-19-7-5-4-6-8-19)9-10-22(29)23-15-21-24(34-23)18(3)11-13-27-21;1-12(2)8-9-21-15(19)14(10-17)18-16(20)22-11-13-6-4-3-5-7-13;1-5-2-3-10-6-4-7(9(11)12)13-8(5)6;/h4-8,11,13,15,17,20H,9-10,12,14,16H2,1-3H3,(H,28,31);3-7,12,14H,8-11,17H2,1-2H3,(H,18,20);2-4H,1H3,(H,11,12);1H/t20-;14-;;/m11../s1. The molecule has 0 spiro atoms. The Balaban J connectivity index is 0.000000307. The van der Waals surface area contributed by atoms with Crippen LogP contribution in [0.4, 0.5) is 9.59 Å². The lowest BCUT2D eigenvalue weighted by atomic mass is 10.1. The molecule has 4 heterocycles. The molecule has 0 aliphatic heterocycles. The number of carbonyl (C=O) groups is 6. The lowest BCUT2D eigenvalue weighted by Crippen LogP contribution is -2.46. The molecule has 0 saturated carbocycles. The first-order valence-corrected chi connectivity index (χ1v) is 24.1. The van der Waals surface area contributed by atoms with Crippen LogP contribution in [-0.4, -0.2) is 82.8 Å². The summed E-state index contributed by atoms with van der Waals surface area (Å²) >= 11 is 2.66. The molecule has 376 valence electrons. The number of nitrogens with zero attached hydrogens (tertiary/aromatic N) is 2. The average Bonchev–Trinajstić information content (AvgIpc) is 3.99. The van der Waals surface area contributed by atoms with E-state index < -0.39 is 42.2 Å². The number of halogens is 1. The number of pyridine rings is 2. The first-order valence-electron chi connectivity index (χ1n) is 22.5. The minimum Gasteiger partial charge on any atom is -0.477 e. The van der Waals surface area contributed by atoms with Crippen molar-refractivity contribution >= 4 is 91.4 Å². The number of nitrogens with two attached hydrogens (primary N) is 1. The van der Waals surface area contributed by atoms with Crippen LogP contribution in [0.15, 0.2) is 97.3 Å². The Morgan fingerprint density at radius 3 is 1.47 bits per heavy atom. The van der Waals surface area contributed by atoms with Gasteiger partial charge in [-0.25, -0.2) is 24.0 Å². The monoisotopic (exact) mass is 1020 g/mol. The van der Waals surface area contributed by atoms with Crippen molar-refractivity contribution in [3.63, 3.8) is 0 Å². The molecule has 0 fully saturated rings. The predicted molar refractivity (Wildman–Crippen MR) is 273 cm³/mol. The van der Waals surface area contributed by atoms with Crippen LogP contribution >= 0.6 is 35.1 Å². The van der Waals surface area contributed by atoms with Crippen molar-refractivity contribution in [2.24, 2.45) is 17.6 Å². The first-order chi connectivity index (χ1) is 33.0. The molecule has 2 aromatic carbocycles. The molecule has 2 atom stereocenters. The summed E-state index contributed by atoms with van der Waals surface area (Å²) in [6.07, 6.45) is 3.65. The van der Waals surface area contributed by atoms with Crippen LogP contribution in [0.25, 0.3) is 20.4 Å². The second-order valence-electron chi connectivity index (χ2n) is 16.6. The van der Waals surface area contributed by atoms with Crippen LogP contribution in [0.1, 0.15) is 95.0 Å². The second-order valence-corrected chi connectivity index (χ2v) is 18.7. The highest BCUT2D eigenvalue weighted by Gasteiger charge is 2.26. The minimum absolute atomic E-state index is 0. The molecular formula is C51H62ClN5O11S2. The van der Waals surface area contributed by atoms with Gasteiger partial charge in [0, 0.05) is 25.4 Å². The molecule has 6 aromatic rings. The molecule has 0 unspecified atom stereocenters. The Morgan fingerprint density at radius 2 is 1.04 bits per heavy atom. The summed E-state index contributed by atoms with van der Waals surface area (Å²) in [5.74, 6) is -1.29. The molecule has 0 aliphatic rings. The van der Waals surface area contributed by atoms with Crippen molar-refractivity contribution in [2.75, 3.05) is 19.8 Å². The van der Waals surface area contributed by atoms with Gasteiger partial charge >= 0.3 is 30.1 Å². The van der Waals surface area contributed by atoms with E-state index in [2.05, 4.69) is 20.6 Å². The Kier molecular flexibility index (Phi) is 25.0. The molecule has 0 radical (unpaired) electrons. The number of nitrogens with one attached hydrogen (secondary N) is 2. The van der Waals surface area contributed by atoms with Crippen molar-refractivity contribution in [1.29, 1.82) is 0 Å². The summed E-state index contributed by atoms with van der Waals surface area (Å²) < 4.78 is 22.6. The number of rotatable bonds is 20. The number of esters is 2. The quantitative estimate of drug-likeness (QED) is 0.0316. The molecule has 19 heteroatoms. The maximum atomic E-state index is 12.8. The highest BCUT2D eigenvalue weighted by Crippen LogP contribution is 2.28. The normalized spacial score (nSPS) is 11.4. The number of hydrogen-bond donors (Lipinski definition) is 4. The van der Waals surface area contributed by atoms with Gasteiger partial charge < -0.3 is 40.4 Å². The van der Waals surface area contributed by atoms with Gasteiger partial charge in [0.15, 0.2) is 5.78 Å². The molecule has 4 aromatic heterocycles. The highest BCUT2D eigenvalue weighted by molar-refractivity contribution is 7.21. The Hall–Kier alpha value is -6.47. The van der Waals surface area contributed by atoms with E-state index in [4.69, 9.17) is 29.8 Å². The largest absolute Gasteiger partial charge is 0.477 e. The number of aromatic nitrogens is 2. The molecule has 70 heavy (non-hydrogen) atoms. The summed E-state index contributed by atoms with van der Waals surface area (Å²) in [7, 11) is 0. The molecular weight excluding hydrogens is 958 g/mol. The van der Waals surface area contributed by atoms with Gasteiger partial charge in [-0.05, 0) is 91.5 Å². The summed E-state index contributed by atoms with van der Waals surface area (Å²) in [4.78, 5) is 81.3. The number of carbonyl (C=O) groups excluding carboxylic acids is 5. The van der Waals surface area contributed by atoms with Gasteiger partial charge in [-0.1, -0.05) is 88.4 Å². The number of Topliss-reactive ketones (excluding diaryl/α,β-unsaturated/α-hetero) is 1. The van der Waals surface area contributed by atoms with Gasteiger partial charge in [-0.3, -0.25) is 14.8 Å². The Morgan fingerprint density at radius 1 is 0.614 bits per heavy atom. The first kappa shape index (κ1) is 57.8. The van der Waals surface area contributed by atoms with Gasteiger partial charge in [-0.2, -0.15) is 0 Å².